The van der Waals surface area contributed by atoms with Gasteiger partial charge in [-0.25, -0.2) is 0 Å². The summed E-state index contributed by atoms with van der Waals surface area (Å²) in [4.78, 5) is 11.8. The second-order valence-corrected chi connectivity index (χ2v) is 6.84. The highest BCUT2D eigenvalue weighted by Crippen LogP contribution is 2.30. The number of tetrazole rings is 1. The van der Waals surface area contributed by atoms with Crippen LogP contribution < -0.4 is 5.32 Å². The monoisotopic (exact) mass is 371 g/mol. The van der Waals surface area contributed by atoms with E-state index in [0.717, 1.165) is 29.7 Å². The first-order valence-electron chi connectivity index (χ1n) is 9.24. The molecule has 4 N–H and O–H groups in total. The summed E-state index contributed by atoms with van der Waals surface area (Å²) >= 11 is 0. The van der Waals surface area contributed by atoms with Crippen LogP contribution >= 0.6 is 0 Å². The zero-order valence-electron chi connectivity index (χ0n) is 15.3. The smallest absolute Gasteiger partial charge is 0.307 e. The standard InChI is InChI=1S/C19H25N5O3/c1-2-3-15(19(26)27)16(18-21-23-24-22-18)10-12-4-6-13(7-5-12)14-8-9-20-11-17(14)25/h4-8,15-17,20,25H,2-3,9-11H2,1H3,(H,26,27)(H,21,22,23,24)/t15-,16-,17?/m0/s1. The van der Waals surface area contributed by atoms with Crippen molar-refractivity contribution in [2.75, 3.05) is 13.1 Å². The highest BCUT2D eigenvalue weighted by molar-refractivity contribution is 5.71. The van der Waals surface area contributed by atoms with Crippen LogP contribution in [0.3, 0.4) is 0 Å². The molecule has 1 aromatic heterocycles. The highest BCUT2D eigenvalue weighted by atomic mass is 16.4. The minimum Gasteiger partial charge on any atom is -0.481 e. The van der Waals surface area contributed by atoms with Gasteiger partial charge in [-0.05, 0) is 29.5 Å². The van der Waals surface area contributed by atoms with Gasteiger partial charge in [0, 0.05) is 19.0 Å². The number of benzene rings is 1. The molecule has 0 spiro atoms. The Morgan fingerprint density at radius 3 is 2.70 bits per heavy atom. The largest absolute Gasteiger partial charge is 0.481 e. The summed E-state index contributed by atoms with van der Waals surface area (Å²) < 4.78 is 0. The molecule has 3 rings (SSSR count). The van der Waals surface area contributed by atoms with Crippen molar-refractivity contribution >= 4 is 11.5 Å². The summed E-state index contributed by atoms with van der Waals surface area (Å²) in [5, 5.41) is 37.0. The highest BCUT2D eigenvalue weighted by Gasteiger charge is 2.32. The molecule has 8 nitrogen and oxygen atoms in total. The van der Waals surface area contributed by atoms with Gasteiger partial charge in [0.25, 0.3) is 0 Å². The van der Waals surface area contributed by atoms with Gasteiger partial charge in [-0.15, -0.1) is 10.2 Å². The topological polar surface area (TPSA) is 124 Å². The second kappa shape index (κ2) is 8.88. The van der Waals surface area contributed by atoms with E-state index >= 15 is 0 Å². The maximum Gasteiger partial charge on any atom is 0.307 e. The number of aromatic amines is 1. The van der Waals surface area contributed by atoms with E-state index in [1.54, 1.807) is 0 Å². The van der Waals surface area contributed by atoms with Crippen molar-refractivity contribution in [2.24, 2.45) is 5.92 Å². The van der Waals surface area contributed by atoms with Crippen molar-refractivity contribution < 1.29 is 15.0 Å². The van der Waals surface area contributed by atoms with Crippen LogP contribution in [0, 0.1) is 5.92 Å². The third kappa shape index (κ3) is 4.58. The van der Waals surface area contributed by atoms with Crippen LogP contribution in [0.15, 0.2) is 30.3 Å². The van der Waals surface area contributed by atoms with Crippen LogP contribution in [0.4, 0.5) is 0 Å². The van der Waals surface area contributed by atoms with E-state index in [0.29, 0.717) is 25.2 Å². The number of nitrogens with one attached hydrogen (secondary N) is 2. The molecular formula is C19H25N5O3. The van der Waals surface area contributed by atoms with Crippen LogP contribution in [0.25, 0.3) is 5.57 Å². The number of aliphatic carboxylic acids is 1. The molecule has 0 aliphatic carbocycles. The Kier molecular flexibility index (Phi) is 6.31. The van der Waals surface area contributed by atoms with Crippen molar-refractivity contribution in [3.63, 3.8) is 0 Å². The summed E-state index contributed by atoms with van der Waals surface area (Å²) in [5.74, 6) is -1.33. The molecule has 2 aromatic rings. The van der Waals surface area contributed by atoms with E-state index < -0.39 is 18.0 Å². The minimum absolute atomic E-state index is 0.351. The molecule has 1 unspecified atom stereocenters. The quantitative estimate of drug-likeness (QED) is 0.552. The molecule has 8 heteroatoms. The lowest BCUT2D eigenvalue weighted by molar-refractivity contribution is -0.142. The molecule has 1 aliphatic heterocycles. The molecule has 0 saturated carbocycles. The lowest BCUT2D eigenvalue weighted by Gasteiger charge is -2.22. The summed E-state index contributed by atoms with van der Waals surface area (Å²) in [7, 11) is 0. The zero-order chi connectivity index (χ0) is 19.2. The van der Waals surface area contributed by atoms with Gasteiger partial charge in [0.15, 0.2) is 5.82 Å². The van der Waals surface area contributed by atoms with Gasteiger partial charge in [0.2, 0.25) is 0 Å². The molecule has 0 radical (unpaired) electrons. The molecule has 0 bridgehead atoms. The van der Waals surface area contributed by atoms with Crippen LogP contribution in [0.2, 0.25) is 0 Å². The Bertz CT molecular complexity index is 773. The fourth-order valence-electron chi connectivity index (χ4n) is 3.59. The fraction of sp³-hybridized carbons (Fsp3) is 0.474. The summed E-state index contributed by atoms with van der Waals surface area (Å²) in [5.41, 5.74) is 2.90. The van der Waals surface area contributed by atoms with Gasteiger partial charge in [0.1, 0.15) is 0 Å². The van der Waals surface area contributed by atoms with Gasteiger partial charge in [0.05, 0.1) is 12.0 Å². The fourth-order valence-corrected chi connectivity index (χ4v) is 3.59. The third-order valence-electron chi connectivity index (χ3n) is 5.00. The molecule has 3 atom stereocenters. The van der Waals surface area contributed by atoms with Crippen molar-refractivity contribution in [1.29, 1.82) is 0 Å². The van der Waals surface area contributed by atoms with Crippen LogP contribution in [0.1, 0.15) is 42.6 Å². The van der Waals surface area contributed by atoms with Gasteiger partial charge < -0.3 is 15.5 Å². The van der Waals surface area contributed by atoms with Crippen LogP contribution in [-0.4, -0.2) is 56.0 Å². The lowest BCUT2D eigenvalue weighted by atomic mass is 9.83. The van der Waals surface area contributed by atoms with E-state index in [9.17, 15) is 15.0 Å². The van der Waals surface area contributed by atoms with Gasteiger partial charge in [-0.3, -0.25) is 4.79 Å². The summed E-state index contributed by atoms with van der Waals surface area (Å²) in [6.45, 7) is 3.26. The average Bonchev–Trinajstić information content (AvgIpc) is 3.20. The minimum atomic E-state index is -0.841. The molecule has 2 heterocycles. The van der Waals surface area contributed by atoms with Gasteiger partial charge in [-0.2, -0.15) is 5.21 Å². The predicted molar refractivity (Wildman–Crippen MR) is 100.0 cm³/mol. The molecular weight excluding hydrogens is 346 g/mol. The van der Waals surface area contributed by atoms with E-state index in [2.05, 4.69) is 25.9 Å². The number of aliphatic hydroxyl groups is 1. The maximum absolute atomic E-state index is 11.8. The number of hydrogen-bond acceptors (Lipinski definition) is 6. The van der Waals surface area contributed by atoms with Gasteiger partial charge in [-0.1, -0.05) is 48.9 Å². The molecule has 27 heavy (non-hydrogen) atoms. The molecule has 0 fully saturated rings. The average molecular weight is 371 g/mol. The van der Waals surface area contributed by atoms with Gasteiger partial charge >= 0.3 is 5.97 Å². The summed E-state index contributed by atoms with van der Waals surface area (Å²) in [6, 6.07) is 7.89. The lowest BCUT2D eigenvalue weighted by Crippen LogP contribution is -2.32. The number of nitrogens with zero attached hydrogens (tertiary/aromatic N) is 3. The first-order chi connectivity index (χ1) is 13.1. The SMILES string of the molecule is CCC[C@H](C(=O)O)[C@H](Cc1ccc(C2=CCNCC2O)cc1)c1nn[nH]n1. The zero-order valence-corrected chi connectivity index (χ0v) is 15.3. The Hall–Kier alpha value is -2.58. The Balaban J connectivity index is 1.81. The number of rotatable bonds is 8. The number of H-pyrrole nitrogens is 1. The van der Waals surface area contributed by atoms with Crippen molar-refractivity contribution in [1.82, 2.24) is 25.9 Å². The number of β-amino-alcohol motifs (C(OH)–C–C–N with tert-alkyl or cyclic N) is 1. The predicted octanol–water partition coefficient (Wildman–Crippen LogP) is 1.37. The first-order valence-corrected chi connectivity index (χ1v) is 9.24. The van der Waals surface area contributed by atoms with Crippen LogP contribution in [-0.2, 0) is 11.2 Å². The van der Waals surface area contributed by atoms with E-state index in [1.165, 1.54) is 0 Å². The number of carbonyl (C=O) groups is 1. The normalized spacial score (nSPS) is 19.3. The van der Waals surface area contributed by atoms with E-state index in [4.69, 9.17) is 0 Å². The number of aromatic nitrogens is 4. The maximum atomic E-state index is 11.8. The first kappa shape index (κ1) is 19.2. The number of aliphatic hydroxyl groups excluding tert-OH is 1. The molecule has 1 aliphatic rings. The number of carboxylic acid groups (broad SMARTS) is 1. The molecule has 144 valence electrons. The van der Waals surface area contributed by atoms with Crippen molar-refractivity contribution in [3.8, 4) is 0 Å². The second-order valence-electron chi connectivity index (χ2n) is 6.84. The molecule has 0 saturated heterocycles. The van der Waals surface area contributed by atoms with E-state index in [-0.39, 0.29) is 5.92 Å². The van der Waals surface area contributed by atoms with Crippen molar-refractivity contribution in [3.05, 3.63) is 47.3 Å². The summed E-state index contributed by atoms with van der Waals surface area (Å²) in [6.07, 6.45) is 3.31. The Morgan fingerprint density at radius 1 is 1.33 bits per heavy atom. The Morgan fingerprint density at radius 2 is 2.11 bits per heavy atom. The van der Waals surface area contributed by atoms with Crippen LogP contribution in [0.5, 0.6) is 0 Å². The Labute approximate surface area is 157 Å². The third-order valence-corrected chi connectivity index (χ3v) is 5.00. The molecule has 1 aromatic carbocycles. The van der Waals surface area contributed by atoms with E-state index in [1.807, 2.05) is 37.3 Å². The number of carboxylic acids is 1. The van der Waals surface area contributed by atoms with Crippen molar-refractivity contribution in [2.45, 2.75) is 38.2 Å². The molecule has 0 amide bonds. The number of hydrogen-bond donors (Lipinski definition) is 4.